The van der Waals surface area contributed by atoms with E-state index in [-0.39, 0.29) is 5.56 Å². The summed E-state index contributed by atoms with van der Waals surface area (Å²) < 4.78 is 5.42. The number of carboxylic acids is 1. The monoisotopic (exact) mass is 318 g/mol. The van der Waals surface area contributed by atoms with E-state index in [1.807, 2.05) is 36.4 Å². The van der Waals surface area contributed by atoms with Gasteiger partial charge in [0.1, 0.15) is 5.76 Å². The van der Waals surface area contributed by atoms with Crippen LogP contribution in [0.25, 0.3) is 22.6 Å². The normalized spacial score (nSPS) is 18.7. The van der Waals surface area contributed by atoms with Gasteiger partial charge in [-0.3, -0.25) is 0 Å². The van der Waals surface area contributed by atoms with Crippen LogP contribution in [-0.4, -0.2) is 11.0 Å². The number of benzene rings is 1. The number of rotatable bonds is 2. The zero-order chi connectivity index (χ0) is 16.7. The van der Waals surface area contributed by atoms with E-state index in [0.717, 1.165) is 29.0 Å². The topological polar surface area (TPSA) is 66.2 Å². The number of para-hydroxylation sites is 1. The van der Waals surface area contributed by atoms with E-state index >= 15 is 0 Å². The molecule has 0 radical (unpaired) electrons. The third-order valence-electron chi connectivity index (χ3n) is 4.48. The number of hydrogen-bond acceptors (Lipinski definition) is 4. The van der Waals surface area contributed by atoms with Crippen LogP contribution < -0.4 is 5.11 Å². The molecule has 4 heteroatoms. The zero-order valence-electron chi connectivity index (χ0n) is 13.3. The molecule has 0 N–H and O–H groups in total. The summed E-state index contributed by atoms with van der Waals surface area (Å²) in [6, 6.07) is 11.0. The smallest absolute Gasteiger partial charge is 0.126 e. The molecule has 2 aromatic heterocycles. The van der Waals surface area contributed by atoms with Gasteiger partial charge < -0.3 is 14.3 Å². The Hall–Kier alpha value is -2.88. The molecule has 0 bridgehead atoms. The van der Waals surface area contributed by atoms with Gasteiger partial charge in [-0.1, -0.05) is 25.1 Å². The number of allylic oxidation sites excluding steroid dienone is 1. The second kappa shape index (κ2) is 5.64. The van der Waals surface area contributed by atoms with Crippen LogP contribution >= 0.6 is 0 Å². The van der Waals surface area contributed by atoms with Crippen LogP contribution in [0.1, 0.15) is 40.7 Å². The van der Waals surface area contributed by atoms with Crippen LogP contribution in [0.4, 0.5) is 0 Å². The van der Waals surface area contributed by atoms with Gasteiger partial charge in [-0.05, 0) is 54.2 Å². The van der Waals surface area contributed by atoms with Crippen LogP contribution in [0.2, 0.25) is 0 Å². The lowest BCUT2D eigenvalue weighted by atomic mass is 9.81. The van der Waals surface area contributed by atoms with Crippen molar-refractivity contribution in [2.24, 2.45) is 5.92 Å². The lowest BCUT2D eigenvalue weighted by molar-refractivity contribution is -0.254. The van der Waals surface area contributed by atoms with Crippen LogP contribution in [0.15, 0.2) is 47.1 Å². The van der Waals surface area contributed by atoms with Gasteiger partial charge in [-0.25, -0.2) is 4.98 Å². The molecule has 0 aliphatic heterocycles. The lowest BCUT2D eigenvalue weighted by Crippen LogP contribution is -2.27. The van der Waals surface area contributed by atoms with Crippen molar-refractivity contribution in [3.05, 3.63) is 65.2 Å². The van der Waals surface area contributed by atoms with Gasteiger partial charge in [0.15, 0.2) is 0 Å². The Kier molecular flexibility index (Phi) is 3.45. The summed E-state index contributed by atoms with van der Waals surface area (Å²) in [6.45, 7) is 2.12. The van der Waals surface area contributed by atoms with E-state index in [4.69, 9.17) is 9.40 Å². The maximum Gasteiger partial charge on any atom is 0.126 e. The van der Waals surface area contributed by atoms with E-state index in [9.17, 15) is 9.90 Å². The van der Waals surface area contributed by atoms with E-state index in [0.29, 0.717) is 23.2 Å². The summed E-state index contributed by atoms with van der Waals surface area (Å²) in [6.07, 6.45) is 5.10. The molecular formula is C20H16NO3-. The average molecular weight is 318 g/mol. The van der Waals surface area contributed by atoms with Gasteiger partial charge in [0.25, 0.3) is 0 Å². The fraction of sp³-hybridized carbons (Fsp3) is 0.200. The Balaban J connectivity index is 2.02. The maximum absolute atomic E-state index is 11.8. The van der Waals surface area contributed by atoms with Crippen molar-refractivity contribution in [3.63, 3.8) is 0 Å². The van der Waals surface area contributed by atoms with E-state index in [1.54, 1.807) is 12.3 Å². The Morgan fingerprint density at radius 3 is 2.83 bits per heavy atom. The number of aromatic carboxylic acids is 1. The van der Waals surface area contributed by atoms with Crippen molar-refractivity contribution in [2.75, 3.05) is 0 Å². The molecule has 0 fully saturated rings. The van der Waals surface area contributed by atoms with E-state index in [2.05, 4.69) is 6.92 Å². The maximum atomic E-state index is 11.8. The van der Waals surface area contributed by atoms with Crippen LogP contribution in [0.3, 0.4) is 0 Å². The Labute approximate surface area is 139 Å². The molecule has 0 amide bonds. The first-order valence-corrected chi connectivity index (χ1v) is 8.01. The molecule has 1 aromatic carbocycles. The second-order valence-corrected chi connectivity index (χ2v) is 6.32. The van der Waals surface area contributed by atoms with Crippen molar-refractivity contribution in [1.82, 2.24) is 4.98 Å². The van der Waals surface area contributed by atoms with Crippen LogP contribution in [0, 0.1) is 5.92 Å². The minimum absolute atomic E-state index is 0.271. The molecule has 0 saturated carbocycles. The first-order chi connectivity index (χ1) is 11.6. The van der Waals surface area contributed by atoms with E-state index in [1.165, 1.54) is 0 Å². The van der Waals surface area contributed by atoms with Crippen LogP contribution in [-0.2, 0) is 6.42 Å². The summed E-state index contributed by atoms with van der Waals surface area (Å²) in [5, 5.41) is 12.5. The first kappa shape index (κ1) is 14.7. The quantitative estimate of drug-likeness (QED) is 0.727. The van der Waals surface area contributed by atoms with Gasteiger partial charge in [0.2, 0.25) is 0 Å². The fourth-order valence-electron chi connectivity index (χ4n) is 3.51. The predicted octanol–water partition coefficient (Wildman–Crippen LogP) is 3.31. The van der Waals surface area contributed by atoms with Crippen molar-refractivity contribution in [3.8, 4) is 0 Å². The summed E-state index contributed by atoms with van der Waals surface area (Å²) in [5.41, 5.74) is 3.47. The molecule has 120 valence electrons. The first-order valence-electron chi connectivity index (χ1n) is 8.01. The summed E-state index contributed by atoms with van der Waals surface area (Å²) in [5.74, 6) is -0.0638. The van der Waals surface area contributed by atoms with Gasteiger partial charge in [-0.15, -0.1) is 0 Å². The number of pyridine rings is 1. The third kappa shape index (κ3) is 2.40. The second-order valence-electron chi connectivity index (χ2n) is 6.32. The minimum atomic E-state index is -1.14. The van der Waals surface area contributed by atoms with E-state index < -0.39 is 5.97 Å². The highest BCUT2D eigenvalue weighted by molar-refractivity contribution is 6.05. The van der Waals surface area contributed by atoms with Gasteiger partial charge in [0.05, 0.1) is 23.4 Å². The van der Waals surface area contributed by atoms with Crippen molar-refractivity contribution in [2.45, 2.75) is 19.8 Å². The van der Waals surface area contributed by atoms with Gasteiger partial charge in [-0.2, -0.15) is 0 Å². The molecule has 0 spiro atoms. The number of nitrogens with zero attached hydrogens (tertiary/aromatic N) is 1. The van der Waals surface area contributed by atoms with Crippen molar-refractivity contribution >= 4 is 28.5 Å². The van der Waals surface area contributed by atoms with Gasteiger partial charge in [0, 0.05) is 10.9 Å². The number of carboxylic acid groups (broad SMARTS) is 1. The summed E-state index contributed by atoms with van der Waals surface area (Å²) in [7, 11) is 0. The molecule has 0 saturated heterocycles. The molecule has 4 nitrogen and oxygen atoms in total. The highest BCUT2D eigenvalue weighted by atomic mass is 16.4. The highest BCUT2D eigenvalue weighted by Crippen LogP contribution is 2.38. The molecule has 0 unspecified atom stereocenters. The Morgan fingerprint density at radius 2 is 2.08 bits per heavy atom. The molecule has 24 heavy (non-hydrogen) atoms. The van der Waals surface area contributed by atoms with Crippen molar-refractivity contribution in [1.29, 1.82) is 0 Å². The third-order valence-corrected chi connectivity index (χ3v) is 4.48. The number of fused-ring (bicyclic) bond motifs is 2. The minimum Gasteiger partial charge on any atom is -0.545 e. The van der Waals surface area contributed by atoms with Gasteiger partial charge >= 0.3 is 0 Å². The lowest BCUT2D eigenvalue weighted by Gasteiger charge is -2.27. The predicted molar refractivity (Wildman–Crippen MR) is 90.1 cm³/mol. The molecule has 1 atom stereocenters. The molecular weight excluding hydrogens is 302 g/mol. The molecule has 1 aliphatic carbocycles. The van der Waals surface area contributed by atoms with Crippen LogP contribution in [0.5, 0.6) is 0 Å². The standard InChI is InChI=1S/C20H17NO3/c1-12-9-13(11-14-5-4-8-24-14)19-16(10-12)18(20(22)23)15-6-2-3-7-17(15)21-19/h2-8,11-12H,9-10H2,1H3,(H,22,23)/p-1/b13-11+/t12-/m0/s1. The molecule has 2 heterocycles. The Morgan fingerprint density at radius 1 is 1.25 bits per heavy atom. The SMILES string of the molecule is C[C@H]1C/C(=C\c2ccco2)c2nc3ccccc3c(C(=O)[O-])c2C1. The molecule has 1 aliphatic rings. The summed E-state index contributed by atoms with van der Waals surface area (Å²) in [4.78, 5) is 16.6. The molecule has 4 rings (SSSR count). The number of furan rings is 1. The fourth-order valence-corrected chi connectivity index (χ4v) is 3.51. The molecule has 3 aromatic rings. The Bertz CT molecular complexity index is 954. The summed E-state index contributed by atoms with van der Waals surface area (Å²) >= 11 is 0. The number of hydrogen-bond donors (Lipinski definition) is 0. The number of carbonyl (C=O) groups excluding carboxylic acids is 1. The number of aromatic nitrogens is 1. The van der Waals surface area contributed by atoms with Crippen molar-refractivity contribution < 1.29 is 14.3 Å². The highest BCUT2D eigenvalue weighted by Gasteiger charge is 2.25. The number of carbonyl (C=O) groups is 1. The zero-order valence-corrected chi connectivity index (χ0v) is 13.3. The largest absolute Gasteiger partial charge is 0.545 e. The average Bonchev–Trinajstić information content (AvgIpc) is 3.05.